The van der Waals surface area contributed by atoms with Gasteiger partial charge in [0.05, 0.1) is 31.6 Å². The van der Waals surface area contributed by atoms with Gasteiger partial charge in [0.2, 0.25) is 0 Å². The third-order valence-corrected chi connectivity index (χ3v) is 10.7. The normalized spacial score (nSPS) is 14.3. The van der Waals surface area contributed by atoms with Gasteiger partial charge >= 0.3 is 6.16 Å². The van der Waals surface area contributed by atoms with E-state index in [4.69, 9.17) is 18.9 Å². The first-order valence-electron chi connectivity index (χ1n) is 15.3. The van der Waals surface area contributed by atoms with E-state index < -0.39 is 6.16 Å². The van der Waals surface area contributed by atoms with Gasteiger partial charge < -0.3 is 23.5 Å². The molecule has 6 rings (SSSR count). The van der Waals surface area contributed by atoms with Crippen LogP contribution in [-0.4, -0.2) is 73.7 Å². The molecule has 11 heteroatoms. The smallest absolute Gasteiger partial charge is 0.493 e. The van der Waals surface area contributed by atoms with Crippen LogP contribution in [0.3, 0.4) is 0 Å². The Balaban J connectivity index is 1.26. The Hall–Kier alpha value is -3.77. The number of carbonyl (C=O) groups excluding carboxylic acids is 2. The lowest BCUT2D eigenvalue weighted by molar-refractivity contribution is 0.0369. The first-order valence-corrected chi connectivity index (χ1v) is 17.6. The number of rotatable bonds is 11. The number of ether oxygens (including phenoxy) is 4. The summed E-state index contributed by atoms with van der Waals surface area (Å²) in [5.41, 5.74) is 3.83. The maximum absolute atomic E-state index is 14.1. The van der Waals surface area contributed by atoms with Crippen LogP contribution in [0.5, 0.6) is 11.5 Å². The minimum atomic E-state index is -0.886. The highest BCUT2D eigenvalue weighted by molar-refractivity contribution is 8.76. The van der Waals surface area contributed by atoms with Crippen molar-refractivity contribution in [2.45, 2.75) is 31.7 Å². The van der Waals surface area contributed by atoms with E-state index in [0.717, 1.165) is 42.1 Å². The number of benzene rings is 3. The van der Waals surface area contributed by atoms with Crippen molar-refractivity contribution < 1.29 is 28.5 Å². The topological polar surface area (TPSA) is 96.3 Å². The largest absolute Gasteiger partial charge is 0.514 e. The molecule has 0 spiro atoms. The zero-order valence-electron chi connectivity index (χ0n) is 26.1. The summed E-state index contributed by atoms with van der Waals surface area (Å²) in [5.74, 6) is 0.684. The van der Waals surface area contributed by atoms with Crippen molar-refractivity contribution in [3.8, 4) is 22.8 Å². The Kier molecular flexibility index (Phi) is 10.0. The molecular weight excluding hydrogens is 625 g/mol. The summed E-state index contributed by atoms with van der Waals surface area (Å²) >= 11 is 0. The second-order valence-electron chi connectivity index (χ2n) is 11.3. The maximum Gasteiger partial charge on any atom is 0.514 e. The summed E-state index contributed by atoms with van der Waals surface area (Å²) in [7, 11) is 4.64. The van der Waals surface area contributed by atoms with Gasteiger partial charge in [-0.3, -0.25) is 14.5 Å². The molecular formula is C35H36N2O7S2. The zero-order valence-corrected chi connectivity index (χ0v) is 27.8. The molecule has 1 saturated heterocycles. The van der Waals surface area contributed by atoms with E-state index in [9.17, 15) is 14.4 Å². The SMILES string of the molecule is COc1cc2c(cc1OC(=O)OCCSSc1ccccc1)C(=O)c1c-2n(CCCN2CCOCC2)c(=O)c2cc(C)c(C)cc12. The molecule has 0 amide bonds. The van der Waals surface area contributed by atoms with Gasteiger partial charge in [0.15, 0.2) is 17.3 Å². The average molecular weight is 661 g/mol. The molecule has 0 bridgehead atoms. The Morgan fingerprint density at radius 3 is 2.37 bits per heavy atom. The fraction of sp³-hybridized carbons (Fsp3) is 0.343. The number of hydrogen-bond donors (Lipinski definition) is 0. The van der Waals surface area contributed by atoms with Crippen LogP contribution >= 0.6 is 21.6 Å². The molecule has 9 nitrogen and oxygen atoms in total. The van der Waals surface area contributed by atoms with Gasteiger partial charge in [0.25, 0.3) is 5.56 Å². The molecule has 4 aromatic rings. The number of fused-ring (bicyclic) bond motifs is 5. The van der Waals surface area contributed by atoms with Crippen LogP contribution < -0.4 is 15.0 Å². The molecule has 0 saturated carbocycles. The standard InChI is InChI=1S/C35H36N2O7S2/c1-22-18-25-28(19-23(22)2)34(39)37(11-7-10-36-12-14-42-15-13-36)32-26-20-29(41-3)30(21-27(26)33(38)31(25)32)44-35(40)43-16-17-45-46-24-8-5-4-6-9-24/h4-6,8-9,18-21H,7,10-17H2,1-3H3. The van der Waals surface area contributed by atoms with Crippen LogP contribution in [0.15, 0.2) is 64.3 Å². The van der Waals surface area contributed by atoms with Gasteiger partial charge in [0, 0.05) is 58.7 Å². The lowest BCUT2D eigenvalue weighted by atomic mass is 9.98. The number of aryl methyl sites for hydroxylation is 2. The van der Waals surface area contributed by atoms with Crippen molar-refractivity contribution in [3.05, 3.63) is 87.2 Å². The molecule has 0 atom stereocenters. The van der Waals surface area contributed by atoms with Crippen molar-refractivity contribution in [1.82, 2.24) is 9.47 Å². The van der Waals surface area contributed by atoms with E-state index in [1.54, 1.807) is 32.2 Å². The second kappa shape index (κ2) is 14.3. The molecule has 2 heterocycles. The monoisotopic (exact) mass is 660 g/mol. The quantitative estimate of drug-likeness (QED) is 0.0675. The van der Waals surface area contributed by atoms with Crippen LogP contribution in [-0.2, 0) is 16.0 Å². The molecule has 240 valence electrons. The maximum atomic E-state index is 14.1. The van der Waals surface area contributed by atoms with E-state index in [2.05, 4.69) is 4.90 Å². The summed E-state index contributed by atoms with van der Waals surface area (Å²) in [6.07, 6.45) is -0.151. The Labute approximate surface area is 275 Å². The van der Waals surface area contributed by atoms with Crippen molar-refractivity contribution in [1.29, 1.82) is 0 Å². The molecule has 46 heavy (non-hydrogen) atoms. The molecule has 2 aliphatic rings. The molecule has 1 aliphatic heterocycles. The minimum absolute atomic E-state index is 0.0799. The lowest BCUT2D eigenvalue weighted by Crippen LogP contribution is -2.37. The second-order valence-corrected chi connectivity index (χ2v) is 13.8. The molecule has 0 radical (unpaired) electrons. The van der Waals surface area contributed by atoms with Crippen LogP contribution in [0.25, 0.3) is 22.0 Å². The zero-order chi connectivity index (χ0) is 32.2. The van der Waals surface area contributed by atoms with Crippen LogP contribution in [0.1, 0.15) is 33.5 Å². The molecule has 1 aliphatic carbocycles. The van der Waals surface area contributed by atoms with Gasteiger partial charge in [0.1, 0.15) is 6.61 Å². The number of methoxy groups -OCH3 is 1. The van der Waals surface area contributed by atoms with E-state index in [1.807, 2.05) is 56.3 Å². The molecule has 0 N–H and O–H groups in total. The number of nitrogens with zero attached hydrogens (tertiary/aromatic N) is 2. The summed E-state index contributed by atoms with van der Waals surface area (Å²) in [4.78, 5) is 44.3. The van der Waals surface area contributed by atoms with Crippen molar-refractivity contribution in [2.24, 2.45) is 0 Å². The number of aromatic nitrogens is 1. The van der Waals surface area contributed by atoms with E-state index >= 15 is 0 Å². The van der Waals surface area contributed by atoms with Crippen LogP contribution in [0.4, 0.5) is 4.79 Å². The van der Waals surface area contributed by atoms with Gasteiger partial charge in [-0.25, -0.2) is 4.79 Å². The minimum Gasteiger partial charge on any atom is -0.493 e. The molecule has 1 aromatic heterocycles. The molecule has 3 aromatic carbocycles. The Morgan fingerprint density at radius 2 is 1.63 bits per heavy atom. The number of ketones is 1. The van der Waals surface area contributed by atoms with Crippen LogP contribution in [0.2, 0.25) is 0 Å². The van der Waals surface area contributed by atoms with Crippen molar-refractivity contribution >= 4 is 44.3 Å². The molecule has 0 unspecified atom stereocenters. The fourth-order valence-corrected chi connectivity index (χ4v) is 7.73. The summed E-state index contributed by atoms with van der Waals surface area (Å²) in [6, 6.07) is 16.9. The third-order valence-electron chi connectivity index (χ3n) is 8.35. The summed E-state index contributed by atoms with van der Waals surface area (Å²) in [5, 5.41) is 1.14. The van der Waals surface area contributed by atoms with Gasteiger partial charge in [-0.1, -0.05) is 45.9 Å². The van der Waals surface area contributed by atoms with E-state index in [-0.39, 0.29) is 29.4 Å². The average Bonchev–Trinajstić information content (AvgIpc) is 3.34. The first-order chi connectivity index (χ1) is 22.4. The first kappa shape index (κ1) is 32.2. The Morgan fingerprint density at radius 1 is 0.913 bits per heavy atom. The summed E-state index contributed by atoms with van der Waals surface area (Å²) < 4.78 is 23.7. The van der Waals surface area contributed by atoms with Gasteiger partial charge in [-0.05, 0) is 61.7 Å². The van der Waals surface area contributed by atoms with E-state index in [1.165, 1.54) is 13.2 Å². The predicted octanol–water partition coefficient (Wildman–Crippen LogP) is 6.52. The number of carbonyl (C=O) groups is 2. The van der Waals surface area contributed by atoms with Crippen LogP contribution in [0, 0.1) is 13.8 Å². The van der Waals surface area contributed by atoms with E-state index in [0.29, 0.717) is 58.7 Å². The van der Waals surface area contributed by atoms with Gasteiger partial charge in [-0.2, -0.15) is 0 Å². The summed E-state index contributed by atoms with van der Waals surface area (Å²) in [6.45, 7) is 8.49. The third kappa shape index (κ3) is 6.69. The highest BCUT2D eigenvalue weighted by atomic mass is 33.1. The lowest BCUT2D eigenvalue weighted by Gasteiger charge is -2.26. The highest BCUT2D eigenvalue weighted by Gasteiger charge is 2.35. The predicted molar refractivity (Wildman–Crippen MR) is 182 cm³/mol. The van der Waals surface area contributed by atoms with Gasteiger partial charge in [-0.15, -0.1) is 0 Å². The number of pyridine rings is 1. The molecule has 1 fully saturated rings. The highest BCUT2D eigenvalue weighted by Crippen LogP contribution is 2.45. The van der Waals surface area contributed by atoms with Crippen molar-refractivity contribution in [2.75, 3.05) is 52.3 Å². The fourth-order valence-electron chi connectivity index (χ4n) is 5.89. The Bertz CT molecular complexity index is 1840. The number of morpholine rings is 1. The number of hydrogen-bond acceptors (Lipinski definition) is 10. The van der Waals surface area contributed by atoms with Crippen molar-refractivity contribution in [3.63, 3.8) is 0 Å².